The molecular weight excluding hydrogens is 969 g/mol. The molecule has 0 aromatic carbocycles. The van der Waals surface area contributed by atoms with Crippen LogP contribution < -0.4 is 0 Å². The Kier molecular flexibility index (Phi) is 31.8. The lowest BCUT2D eigenvalue weighted by molar-refractivity contribution is -0.171. The molecular formula is C62H110O14. The summed E-state index contributed by atoms with van der Waals surface area (Å²) in [5.74, 6) is 3.30. The number of hydrogen-bond donors (Lipinski definition) is 0. The number of hydrogen-bond acceptors (Lipinski definition) is 14. The van der Waals surface area contributed by atoms with Gasteiger partial charge in [0.25, 0.3) is 0 Å². The van der Waals surface area contributed by atoms with Crippen molar-refractivity contribution in [1.82, 2.24) is 0 Å². The molecule has 7 aliphatic rings. The average Bonchev–Trinajstić information content (AvgIpc) is 4.04. The molecule has 0 aliphatic carbocycles. The largest absolute Gasteiger partial charge is 0.381 e. The van der Waals surface area contributed by atoms with E-state index in [9.17, 15) is 33.6 Å². The second-order valence-corrected chi connectivity index (χ2v) is 25.6. The van der Waals surface area contributed by atoms with Crippen molar-refractivity contribution in [3.8, 4) is 0 Å². The molecule has 0 bridgehead atoms. The van der Waals surface area contributed by atoms with E-state index in [0.29, 0.717) is 49.6 Å². The standard InChI is InChI=1S/C10H18O2.4C9H16O2.2C8H14O2/c1-8(2)9(11)10(3)4-6-12-7-5-10;1-7(2)8(10)9(3)4-5-11-6-9;1-7(2)8(10)9(3)5-4-6-11-9;1-7(2)9(10)8-4-3-5-11-6-8;1-7(2)9(10)8-5-3-4-6-11-8;1-6(2)7(9)8(3)4-10-5-8;1-6(2)7(9)8(3)4-5-10-8/h8H,4-7H2,1-3H3;2*7H,4-6H2,1-3H3;2*7-8H,3-6H2,1-2H3;2*6H,4-5H2,1-3H3. The summed E-state index contributed by atoms with van der Waals surface area (Å²) in [5, 5.41) is 0. The van der Waals surface area contributed by atoms with Crippen molar-refractivity contribution < 1.29 is 66.7 Å². The molecule has 5 unspecified atom stereocenters. The first-order valence-electron chi connectivity index (χ1n) is 29.2. The molecule has 7 rings (SSSR count). The molecule has 0 N–H and O–H groups in total. The first kappa shape index (κ1) is 71.4. The van der Waals surface area contributed by atoms with Crippen molar-refractivity contribution in [3.63, 3.8) is 0 Å². The summed E-state index contributed by atoms with van der Waals surface area (Å²) in [5.41, 5.74) is -1.35. The van der Waals surface area contributed by atoms with E-state index in [1.165, 1.54) is 0 Å². The minimum atomic E-state index is -0.464. The first-order chi connectivity index (χ1) is 35.2. The molecule has 7 fully saturated rings. The van der Waals surface area contributed by atoms with E-state index in [4.69, 9.17) is 33.2 Å². The highest BCUT2D eigenvalue weighted by atomic mass is 16.5. The number of ketones is 7. The number of ether oxygens (including phenoxy) is 7. The summed E-state index contributed by atoms with van der Waals surface area (Å²) in [7, 11) is 0. The van der Waals surface area contributed by atoms with Crippen molar-refractivity contribution in [3.05, 3.63) is 0 Å². The monoisotopic (exact) mass is 1080 g/mol. The van der Waals surface area contributed by atoms with Crippen molar-refractivity contribution in [2.75, 3.05) is 72.7 Å². The van der Waals surface area contributed by atoms with Gasteiger partial charge in [0.15, 0.2) is 17.3 Å². The smallest absolute Gasteiger partial charge is 0.166 e. The van der Waals surface area contributed by atoms with Gasteiger partial charge in [0.1, 0.15) is 40.4 Å². The van der Waals surface area contributed by atoms with Gasteiger partial charge in [0, 0.05) is 98.8 Å². The Morgan fingerprint density at radius 1 is 0.355 bits per heavy atom. The fourth-order valence-electron chi connectivity index (χ4n) is 10.1. The van der Waals surface area contributed by atoms with Crippen LogP contribution in [0.1, 0.15) is 202 Å². The fraction of sp³-hybridized carbons (Fsp3) is 0.887. The van der Waals surface area contributed by atoms with Gasteiger partial charge in [0.2, 0.25) is 0 Å². The highest BCUT2D eigenvalue weighted by Gasteiger charge is 2.43. The molecule has 0 aromatic heterocycles. The van der Waals surface area contributed by atoms with Crippen molar-refractivity contribution >= 4 is 40.5 Å². The van der Waals surface area contributed by atoms with Gasteiger partial charge in [-0.05, 0) is 85.0 Å². The Balaban J connectivity index is 0.000000444. The molecule has 7 aliphatic heterocycles. The number of carbonyl (C=O) groups excluding carboxylic acids is 7. The fourth-order valence-corrected chi connectivity index (χ4v) is 10.1. The molecule has 0 amide bonds. The van der Waals surface area contributed by atoms with E-state index in [0.717, 1.165) is 117 Å². The van der Waals surface area contributed by atoms with E-state index < -0.39 is 11.2 Å². The van der Waals surface area contributed by atoms with Gasteiger partial charge in [-0.3, -0.25) is 33.6 Å². The maximum Gasteiger partial charge on any atom is 0.166 e. The van der Waals surface area contributed by atoms with Crippen LogP contribution in [0.3, 0.4) is 0 Å². The molecule has 0 aromatic rings. The highest BCUT2D eigenvalue weighted by Crippen LogP contribution is 2.35. The lowest BCUT2D eigenvalue weighted by atomic mass is 9.75. The SMILES string of the molecule is CC(C)C(=O)C1(C)CCCO1.CC(C)C(=O)C1(C)CCO1.CC(C)C(=O)C1(C)CCOC1.CC(C)C(=O)C1(C)CCOCC1.CC(C)C(=O)C1(C)COC1.CC(C)C(=O)C1CCCCO1.CC(C)C(=O)C1CCCOC1. The maximum absolute atomic E-state index is 11.8. The summed E-state index contributed by atoms with van der Waals surface area (Å²) in [6.07, 6.45) is 10.6. The van der Waals surface area contributed by atoms with Gasteiger partial charge < -0.3 is 33.2 Å². The van der Waals surface area contributed by atoms with E-state index in [1.807, 2.05) is 125 Å². The molecule has 0 spiro atoms. The molecule has 0 radical (unpaired) electrons. The zero-order valence-corrected chi connectivity index (χ0v) is 51.5. The number of rotatable bonds is 14. The van der Waals surface area contributed by atoms with E-state index >= 15 is 0 Å². The predicted octanol–water partition coefficient (Wildman–Crippen LogP) is 11.5. The van der Waals surface area contributed by atoms with Crippen molar-refractivity contribution in [1.29, 1.82) is 0 Å². The quantitative estimate of drug-likeness (QED) is 0.160. The van der Waals surface area contributed by atoms with Crippen LogP contribution in [0.4, 0.5) is 0 Å². The molecule has 76 heavy (non-hydrogen) atoms. The van der Waals surface area contributed by atoms with E-state index in [1.54, 1.807) is 0 Å². The molecule has 14 heteroatoms. The van der Waals surface area contributed by atoms with Gasteiger partial charge in [0.05, 0.1) is 43.9 Å². The summed E-state index contributed by atoms with van der Waals surface area (Å²) >= 11 is 0. The normalized spacial score (nSPS) is 27.2. The third kappa shape index (κ3) is 23.2. The third-order valence-corrected chi connectivity index (χ3v) is 15.5. The van der Waals surface area contributed by atoms with Crippen LogP contribution in [-0.2, 0) is 66.7 Å². The Morgan fingerprint density at radius 3 is 1.12 bits per heavy atom. The second kappa shape index (κ2) is 33.9. The minimum Gasteiger partial charge on any atom is -0.381 e. The molecule has 14 nitrogen and oxygen atoms in total. The van der Waals surface area contributed by atoms with Crippen LogP contribution >= 0.6 is 0 Å². The van der Waals surface area contributed by atoms with Crippen LogP contribution in [0.2, 0.25) is 0 Å². The summed E-state index contributed by atoms with van der Waals surface area (Å²) in [4.78, 5) is 80.4. The van der Waals surface area contributed by atoms with Crippen LogP contribution in [-0.4, -0.2) is 130 Å². The summed E-state index contributed by atoms with van der Waals surface area (Å²) in [6.45, 7) is 44.8. The van der Waals surface area contributed by atoms with Gasteiger partial charge >= 0.3 is 0 Å². The lowest BCUT2D eigenvalue weighted by Gasteiger charge is -2.38. The Morgan fingerprint density at radius 2 is 0.789 bits per heavy atom. The zero-order chi connectivity index (χ0) is 58.2. The van der Waals surface area contributed by atoms with Gasteiger partial charge in [-0.2, -0.15) is 0 Å². The number of carbonyl (C=O) groups is 7. The second-order valence-electron chi connectivity index (χ2n) is 25.6. The maximum atomic E-state index is 11.8. The lowest BCUT2D eigenvalue weighted by Crippen LogP contribution is -2.49. The average molecular weight is 1080 g/mol. The summed E-state index contributed by atoms with van der Waals surface area (Å²) in [6, 6.07) is 0. The van der Waals surface area contributed by atoms with Crippen molar-refractivity contribution in [2.45, 2.75) is 219 Å². The Bertz CT molecular complexity index is 1650. The molecule has 5 atom stereocenters. The molecule has 442 valence electrons. The Labute approximate surface area is 461 Å². The van der Waals surface area contributed by atoms with E-state index in [2.05, 4.69) is 6.92 Å². The van der Waals surface area contributed by atoms with Crippen LogP contribution in [0, 0.1) is 63.6 Å². The predicted molar refractivity (Wildman–Crippen MR) is 299 cm³/mol. The topological polar surface area (TPSA) is 184 Å². The molecule has 0 saturated carbocycles. The van der Waals surface area contributed by atoms with Crippen LogP contribution in [0.15, 0.2) is 0 Å². The summed E-state index contributed by atoms with van der Waals surface area (Å²) < 4.78 is 36.6. The Hall–Kier alpha value is -2.59. The van der Waals surface area contributed by atoms with Crippen molar-refractivity contribution in [2.24, 2.45) is 63.6 Å². The van der Waals surface area contributed by atoms with Gasteiger partial charge in [-0.25, -0.2) is 0 Å². The third-order valence-electron chi connectivity index (χ3n) is 15.5. The van der Waals surface area contributed by atoms with Gasteiger partial charge in [-0.1, -0.05) is 111 Å². The van der Waals surface area contributed by atoms with E-state index in [-0.39, 0.29) is 87.0 Å². The molecule has 7 heterocycles. The van der Waals surface area contributed by atoms with Crippen LogP contribution in [0.5, 0.6) is 0 Å². The highest BCUT2D eigenvalue weighted by molar-refractivity contribution is 5.90. The van der Waals surface area contributed by atoms with Crippen LogP contribution in [0.25, 0.3) is 0 Å². The number of Topliss-reactive ketones (excluding diaryl/α,β-unsaturated/α-hetero) is 7. The zero-order valence-electron chi connectivity index (χ0n) is 51.5. The molecule has 7 saturated heterocycles. The minimum absolute atomic E-state index is 0.0938. The van der Waals surface area contributed by atoms with Gasteiger partial charge in [-0.15, -0.1) is 0 Å². The first-order valence-corrected chi connectivity index (χ1v) is 29.2.